The van der Waals surface area contributed by atoms with Crippen molar-refractivity contribution in [3.05, 3.63) is 94.6 Å². The van der Waals surface area contributed by atoms with E-state index < -0.39 is 29.7 Å². The molecule has 0 heterocycles. The molecule has 3 aromatic rings. The van der Waals surface area contributed by atoms with Crippen LogP contribution in [0.1, 0.15) is 42.0 Å². The number of methoxy groups -OCH3 is 1. The second kappa shape index (κ2) is 15.1. The van der Waals surface area contributed by atoms with Gasteiger partial charge in [-0.15, -0.1) is 0 Å². The molecule has 0 aliphatic heterocycles. The Hall–Kier alpha value is -3.82. The van der Waals surface area contributed by atoms with E-state index >= 15 is 0 Å². The van der Waals surface area contributed by atoms with Gasteiger partial charge < -0.3 is 25.8 Å². The quantitative estimate of drug-likeness (QED) is 0.237. The standard InChI is InChI=1S/C31H37F2N3O4/c1-4-21-6-5-7-22(13-21)18-34-19-28(37)26(16-23-14-24(32)17-25(33)15-23)35-30(38)10-11-31(39)36-27-12-20(2)8-9-29(27)40-3/h5-9,12-15,17,26,28,34,37H,4,10-11,16,18-19H2,1-3H3,(H,35,38)(H,36,39)/t26-,28+/m0/s1. The monoisotopic (exact) mass is 553 g/mol. The number of benzene rings is 3. The second-order valence-electron chi connectivity index (χ2n) is 9.78. The minimum Gasteiger partial charge on any atom is -0.495 e. The van der Waals surface area contributed by atoms with E-state index in [1.54, 1.807) is 12.1 Å². The van der Waals surface area contributed by atoms with E-state index in [0.717, 1.165) is 23.6 Å². The van der Waals surface area contributed by atoms with Crippen LogP contribution in [0.3, 0.4) is 0 Å². The Morgan fingerprint density at radius 1 is 0.925 bits per heavy atom. The molecular formula is C31H37F2N3O4. The van der Waals surface area contributed by atoms with Gasteiger partial charge in [-0.2, -0.15) is 0 Å². The maximum Gasteiger partial charge on any atom is 0.224 e. The third kappa shape index (κ3) is 9.73. The third-order valence-electron chi connectivity index (χ3n) is 6.48. The van der Waals surface area contributed by atoms with Crippen LogP contribution in [0.15, 0.2) is 60.7 Å². The smallest absolute Gasteiger partial charge is 0.224 e. The number of rotatable bonds is 14. The summed E-state index contributed by atoms with van der Waals surface area (Å²) < 4.78 is 32.9. The van der Waals surface area contributed by atoms with Crippen molar-refractivity contribution < 1.29 is 28.2 Å². The maximum absolute atomic E-state index is 13.8. The summed E-state index contributed by atoms with van der Waals surface area (Å²) in [6, 6.07) is 15.7. The number of hydrogen-bond donors (Lipinski definition) is 4. The van der Waals surface area contributed by atoms with Crippen molar-refractivity contribution in [2.75, 3.05) is 19.0 Å². The molecule has 40 heavy (non-hydrogen) atoms. The fraction of sp³-hybridized carbons (Fsp3) is 0.355. The highest BCUT2D eigenvalue weighted by atomic mass is 19.1. The molecule has 0 saturated heterocycles. The van der Waals surface area contributed by atoms with Crippen LogP contribution < -0.4 is 20.7 Å². The summed E-state index contributed by atoms with van der Waals surface area (Å²) in [5.74, 6) is -1.83. The molecule has 9 heteroatoms. The van der Waals surface area contributed by atoms with E-state index in [1.165, 1.54) is 24.8 Å². The van der Waals surface area contributed by atoms with E-state index in [-0.39, 0.29) is 31.7 Å². The van der Waals surface area contributed by atoms with Crippen molar-refractivity contribution in [2.45, 2.75) is 58.2 Å². The first kappa shape index (κ1) is 30.7. The van der Waals surface area contributed by atoms with E-state index in [2.05, 4.69) is 28.9 Å². The number of aliphatic hydroxyl groups excluding tert-OH is 1. The topological polar surface area (TPSA) is 99.7 Å². The molecule has 214 valence electrons. The zero-order valence-corrected chi connectivity index (χ0v) is 23.1. The fourth-order valence-corrected chi connectivity index (χ4v) is 4.37. The number of hydrogen-bond acceptors (Lipinski definition) is 5. The molecule has 3 rings (SSSR count). The number of carbonyl (C=O) groups excluding carboxylic acids is 2. The summed E-state index contributed by atoms with van der Waals surface area (Å²) in [4.78, 5) is 25.3. The molecule has 4 N–H and O–H groups in total. The molecule has 2 amide bonds. The molecule has 0 saturated carbocycles. The Kier molecular flexibility index (Phi) is 11.6. The van der Waals surface area contributed by atoms with Gasteiger partial charge >= 0.3 is 0 Å². The van der Waals surface area contributed by atoms with Gasteiger partial charge in [-0.3, -0.25) is 9.59 Å². The van der Waals surface area contributed by atoms with Gasteiger partial charge in [0, 0.05) is 32.0 Å². The van der Waals surface area contributed by atoms with Gasteiger partial charge in [0.05, 0.1) is 24.9 Å². The maximum atomic E-state index is 13.8. The summed E-state index contributed by atoms with van der Waals surface area (Å²) >= 11 is 0. The minimum atomic E-state index is -1.06. The Morgan fingerprint density at radius 3 is 2.33 bits per heavy atom. The lowest BCUT2D eigenvalue weighted by atomic mass is 10.00. The number of halogens is 2. The van der Waals surface area contributed by atoms with Gasteiger partial charge in [0.25, 0.3) is 0 Å². The van der Waals surface area contributed by atoms with Gasteiger partial charge in [0.2, 0.25) is 11.8 Å². The lowest BCUT2D eigenvalue weighted by Crippen LogP contribution is -2.48. The fourth-order valence-electron chi connectivity index (χ4n) is 4.37. The zero-order valence-electron chi connectivity index (χ0n) is 23.1. The second-order valence-corrected chi connectivity index (χ2v) is 9.78. The van der Waals surface area contributed by atoms with Crippen LogP contribution in [0.5, 0.6) is 5.75 Å². The lowest BCUT2D eigenvalue weighted by Gasteiger charge is -2.25. The Labute approximate surface area is 234 Å². The molecule has 7 nitrogen and oxygen atoms in total. The molecule has 2 atom stereocenters. The normalized spacial score (nSPS) is 12.4. The summed E-state index contributed by atoms with van der Waals surface area (Å²) in [5, 5.41) is 19.6. The van der Waals surface area contributed by atoms with Gasteiger partial charge in [0.1, 0.15) is 17.4 Å². The van der Waals surface area contributed by atoms with Crippen molar-refractivity contribution in [2.24, 2.45) is 0 Å². The Bertz CT molecular complexity index is 1280. The Balaban J connectivity index is 1.61. The number of amides is 2. The van der Waals surface area contributed by atoms with Crippen molar-refractivity contribution in [3.8, 4) is 5.75 Å². The predicted octanol–water partition coefficient (Wildman–Crippen LogP) is 4.44. The number of nitrogens with one attached hydrogen (secondary N) is 3. The number of aryl methyl sites for hydroxylation is 2. The van der Waals surface area contributed by atoms with Crippen LogP contribution in [0.2, 0.25) is 0 Å². The van der Waals surface area contributed by atoms with Crippen molar-refractivity contribution in [1.82, 2.24) is 10.6 Å². The largest absolute Gasteiger partial charge is 0.495 e. The number of ether oxygens (including phenoxy) is 1. The van der Waals surface area contributed by atoms with Crippen molar-refractivity contribution >= 4 is 17.5 Å². The van der Waals surface area contributed by atoms with E-state index in [9.17, 15) is 23.5 Å². The van der Waals surface area contributed by atoms with E-state index in [4.69, 9.17) is 4.74 Å². The van der Waals surface area contributed by atoms with Crippen LogP contribution in [0.25, 0.3) is 0 Å². The van der Waals surface area contributed by atoms with Crippen LogP contribution in [0, 0.1) is 18.6 Å². The summed E-state index contributed by atoms with van der Waals surface area (Å²) in [6.45, 7) is 4.59. The third-order valence-corrected chi connectivity index (χ3v) is 6.48. The summed E-state index contributed by atoms with van der Waals surface area (Å²) in [7, 11) is 1.50. The van der Waals surface area contributed by atoms with Crippen molar-refractivity contribution in [1.29, 1.82) is 0 Å². The molecule has 3 aromatic carbocycles. The summed E-state index contributed by atoms with van der Waals surface area (Å²) in [5.41, 5.74) is 3.98. The first-order valence-corrected chi connectivity index (χ1v) is 13.3. The van der Waals surface area contributed by atoms with Crippen LogP contribution >= 0.6 is 0 Å². The number of anilines is 1. The van der Waals surface area contributed by atoms with Gasteiger partial charge in [-0.1, -0.05) is 37.3 Å². The SMILES string of the molecule is CCc1cccc(CNC[C@@H](O)[C@H](Cc2cc(F)cc(F)c2)NC(=O)CCC(=O)Nc2cc(C)ccc2OC)c1. The average molecular weight is 554 g/mol. The molecule has 0 spiro atoms. The first-order valence-electron chi connectivity index (χ1n) is 13.3. The van der Waals surface area contributed by atoms with Crippen LogP contribution in [-0.4, -0.2) is 42.7 Å². The predicted molar refractivity (Wildman–Crippen MR) is 151 cm³/mol. The zero-order chi connectivity index (χ0) is 29.1. The molecular weight excluding hydrogens is 516 g/mol. The van der Waals surface area contributed by atoms with E-state index in [0.29, 0.717) is 23.5 Å². The highest BCUT2D eigenvalue weighted by Crippen LogP contribution is 2.25. The van der Waals surface area contributed by atoms with Crippen LogP contribution in [0.4, 0.5) is 14.5 Å². The molecule has 0 radical (unpaired) electrons. The number of carbonyl (C=O) groups is 2. The van der Waals surface area contributed by atoms with Gasteiger partial charge in [-0.05, 0) is 66.3 Å². The highest BCUT2D eigenvalue weighted by Gasteiger charge is 2.23. The first-order chi connectivity index (χ1) is 19.2. The molecule has 0 fully saturated rings. The van der Waals surface area contributed by atoms with Crippen LogP contribution in [-0.2, 0) is 29.0 Å². The number of aliphatic hydroxyl groups is 1. The molecule has 0 aliphatic carbocycles. The average Bonchev–Trinajstić information content (AvgIpc) is 2.91. The summed E-state index contributed by atoms with van der Waals surface area (Å²) in [6.07, 6.45) is -0.397. The Morgan fingerprint density at radius 2 is 1.62 bits per heavy atom. The lowest BCUT2D eigenvalue weighted by molar-refractivity contribution is -0.125. The van der Waals surface area contributed by atoms with Gasteiger partial charge in [-0.25, -0.2) is 8.78 Å². The molecule has 0 aromatic heterocycles. The van der Waals surface area contributed by atoms with Gasteiger partial charge in [0.15, 0.2) is 0 Å². The molecule has 0 aliphatic rings. The highest BCUT2D eigenvalue weighted by molar-refractivity contribution is 5.94. The minimum absolute atomic E-state index is 0.00126. The molecule has 0 unspecified atom stereocenters. The van der Waals surface area contributed by atoms with E-state index in [1.807, 2.05) is 31.2 Å². The molecule has 0 bridgehead atoms. The van der Waals surface area contributed by atoms with Crippen molar-refractivity contribution in [3.63, 3.8) is 0 Å².